The number of nitrogens with one attached hydrogen (secondary N) is 1. The SMILES string of the molecule is CCOc1cc(CNC)ccc1OCCCC(=O)N(C)C. The molecule has 1 amide bonds. The molecule has 0 unspecified atom stereocenters. The molecule has 0 atom stereocenters. The maximum Gasteiger partial charge on any atom is 0.222 e. The summed E-state index contributed by atoms with van der Waals surface area (Å²) < 4.78 is 11.3. The van der Waals surface area contributed by atoms with Crippen molar-refractivity contribution in [2.75, 3.05) is 34.4 Å². The van der Waals surface area contributed by atoms with Crippen molar-refractivity contribution in [1.82, 2.24) is 10.2 Å². The van der Waals surface area contributed by atoms with E-state index in [1.807, 2.05) is 32.2 Å². The van der Waals surface area contributed by atoms with Gasteiger partial charge in [-0.05, 0) is 38.1 Å². The molecule has 0 bridgehead atoms. The molecule has 1 aromatic carbocycles. The number of carbonyl (C=O) groups excluding carboxylic acids is 1. The zero-order valence-electron chi connectivity index (χ0n) is 13.4. The Morgan fingerprint density at radius 1 is 1.24 bits per heavy atom. The summed E-state index contributed by atoms with van der Waals surface area (Å²) in [7, 11) is 5.43. The van der Waals surface area contributed by atoms with Gasteiger partial charge in [0.1, 0.15) is 0 Å². The molecule has 5 heteroatoms. The molecule has 1 rings (SSSR count). The Kier molecular flexibility index (Phi) is 7.61. The third-order valence-corrected chi connectivity index (χ3v) is 2.98. The first-order valence-corrected chi connectivity index (χ1v) is 7.31. The Morgan fingerprint density at radius 3 is 2.62 bits per heavy atom. The largest absolute Gasteiger partial charge is 0.490 e. The highest BCUT2D eigenvalue weighted by Crippen LogP contribution is 2.28. The number of ether oxygens (including phenoxy) is 2. The van der Waals surface area contributed by atoms with Crippen LogP contribution >= 0.6 is 0 Å². The number of benzene rings is 1. The van der Waals surface area contributed by atoms with Gasteiger partial charge in [0.05, 0.1) is 13.2 Å². The zero-order valence-corrected chi connectivity index (χ0v) is 13.4. The minimum Gasteiger partial charge on any atom is -0.490 e. The van der Waals surface area contributed by atoms with E-state index in [9.17, 15) is 4.79 Å². The van der Waals surface area contributed by atoms with E-state index in [1.165, 1.54) is 0 Å². The lowest BCUT2D eigenvalue weighted by Crippen LogP contribution is -2.21. The molecule has 0 aliphatic rings. The summed E-state index contributed by atoms with van der Waals surface area (Å²) in [6.45, 7) is 3.84. The van der Waals surface area contributed by atoms with Crippen LogP contribution in [0.1, 0.15) is 25.3 Å². The number of hydrogen-bond donors (Lipinski definition) is 1. The third kappa shape index (κ3) is 6.04. The summed E-state index contributed by atoms with van der Waals surface area (Å²) in [4.78, 5) is 13.1. The van der Waals surface area contributed by atoms with Gasteiger partial charge in [-0.15, -0.1) is 0 Å². The first-order valence-electron chi connectivity index (χ1n) is 7.31. The molecule has 0 aliphatic heterocycles. The van der Waals surface area contributed by atoms with Gasteiger partial charge in [0.2, 0.25) is 5.91 Å². The van der Waals surface area contributed by atoms with Crippen LogP contribution in [-0.2, 0) is 11.3 Å². The van der Waals surface area contributed by atoms with Crippen LogP contribution in [-0.4, -0.2) is 45.2 Å². The van der Waals surface area contributed by atoms with Crippen LogP contribution in [0.15, 0.2) is 18.2 Å². The van der Waals surface area contributed by atoms with E-state index in [-0.39, 0.29) is 5.91 Å². The quantitative estimate of drug-likeness (QED) is 0.708. The van der Waals surface area contributed by atoms with Gasteiger partial charge in [-0.1, -0.05) is 6.07 Å². The molecule has 118 valence electrons. The van der Waals surface area contributed by atoms with Gasteiger partial charge >= 0.3 is 0 Å². The predicted octanol–water partition coefficient (Wildman–Crippen LogP) is 2.05. The van der Waals surface area contributed by atoms with Crippen molar-refractivity contribution in [3.05, 3.63) is 23.8 Å². The third-order valence-electron chi connectivity index (χ3n) is 2.98. The highest BCUT2D eigenvalue weighted by molar-refractivity contribution is 5.75. The van der Waals surface area contributed by atoms with Gasteiger partial charge in [0.15, 0.2) is 11.5 Å². The Labute approximate surface area is 127 Å². The van der Waals surface area contributed by atoms with Crippen LogP contribution < -0.4 is 14.8 Å². The highest BCUT2D eigenvalue weighted by Gasteiger charge is 2.08. The number of amides is 1. The highest BCUT2D eigenvalue weighted by atomic mass is 16.5. The molecule has 21 heavy (non-hydrogen) atoms. The number of rotatable bonds is 9. The van der Waals surface area contributed by atoms with Gasteiger partial charge in [-0.25, -0.2) is 0 Å². The Morgan fingerprint density at radius 2 is 2.00 bits per heavy atom. The summed E-state index contributed by atoms with van der Waals surface area (Å²) in [6.07, 6.45) is 1.19. The van der Waals surface area contributed by atoms with Crippen molar-refractivity contribution < 1.29 is 14.3 Å². The van der Waals surface area contributed by atoms with E-state index in [2.05, 4.69) is 5.32 Å². The molecule has 0 aliphatic carbocycles. The molecular formula is C16H26N2O3. The Hall–Kier alpha value is -1.75. The van der Waals surface area contributed by atoms with Crippen molar-refractivity contribution in [2.24, 2.45) is 0 Å². The van der Waals surface area contributed by atoms with E-state index in [0.29, 0.717) is 26.1 Å². The van der Waals surface area contributed by atoms with Crippen LogP contribution in [0.5, 0.6) is 11.5 Å². The molecule has 5 nitrogen and oxygen atoms in total. The number of hydrogen-bond acceptors (Lipinski definition) is 4. The average molecular weight is 294 g/mol. The summed E-state index contributed by atoms with van der Waals surface area (Å²) in [6, 6.07) is 5.92. The first kappa shape index (κ1) is 17.3. The summed E-state index contributed by atoms with van der Waals surface area (Å²) in [5.41, 5.74) is 1.15. The van der Waals surface area contributed by atoms with Crippen LogP contribution in [0.3, 0.4) is 0 Å². The minimum absolute atomic E-state index is 0.119. The van der Waals surface area contributed by atoms with Crippen molar-refractivity contribution in [3.8, 4) is 11.5 Å². The lowest BCUT2D eigenvalue weighted by molar-refractivity contribution is -0.128. The molecule has 1 aromatic rings. The van der Waals surface area contributed by atoms with E-state index in [1.54, 1.807) is 19.0 Å². The fourth-order valence-electron chi connectivity index (χ4n) is 1.88. The van der Waals surface area contributed by atoms with E-state index in [4.69, 9.17) is 9.47 Å². The van der Waals surface area contributed by atoms with Gasteiger partial charge in [-0.3, -0.25) is 4.79 Å². The predicted molar refractivity (Wildman–Crippen MR) is 83.8 cm³/mol. The molecule has 0 aromatic heterocycles. The van der Waals surface area contributed by atoms with E-state index in [0.717, 1.165) is 23.6 Å². The smallest absolute Gasteiger partial charge is 0.222 e. The van der Waals surface area contributed by atoms with Crippen LogP contribution in [0.2, 0.25) is 0 Å². The maximum atomic E-state index is 11.5. The summed E-state index contributed by atoms with van der Waals surface area (Å²) >= 11 is 0. The fourth-order valence-corrected chi connectivity index (χ4v) is 1.88. The monoisotopic (exact) mass is 294 g/mol. The standard InChI is InChI=1S/C16H26N2O3/c1-5-20-15-11-13(12-17-2)8-9-14(15)21-10-6-7-16(19)18(3)4/h8-9,11,17H,5-7,10,12H2,1-4H3. The Bertz CT molecular complexity index is 447. The molecule has 0 fully saturated rings. The maximum absolute atomic E-state index is 11.5. The minimum atomic E-state index is 0.119. The zero-order chi connectivity index (χ0) is 15.7. The van der Waals surface area contributed by atoms with Crippen molar-refractivity contribution >= 4 is 5.91 Å². The topological polar surface area (TPSA) is 50.8 Å². The van der Waals surface area contributed by atoms with Crippen LogP contribution in [0.25, 0.3) is 0 Å². The van der Waals surface area contributed by atoms with E-state index < -0.39 is 0 Å². The molecule has 0 radical (unpaired) electrons. The first-order chi connectivity index (χ1) is 10.1. The van der Waals surface area contributed by atoms with Crippen LogP contribution in [0, 0.1) is 0 Å². The fraction of sp³-hybridized carbons (Fsp3) is 0.562. The molecule has 0 heterocycles. The van der Waals surface area contributed by atoms with Crippen LogP contribution in [0.4, 0.5) is 0 Å². The Balaban J connectivity index is 2.55. The average Bonchev–Trinajstić information content (AvgIpc) is 2.45. The normalized spacial score (nSPS) is 10.3. The molecular weight excluding hydrogens is 268 g/mol. The number of nitrogens with zero attached hydrogens (tertiary/aromatic N) is 1. The van der Waals surface area contributed by atoms with Crippen molar-refractivity contribution in [3.63, 3.8) is 0 Å². The van der Waals surface area contributed by atoms with Gasteiger partial charge in [0, 0.05) is 27.1 Å². The molecule has 0 spiro atoms. The van der Waals surface area contributed by atoms with Gasteiger partial charge in [-0.2, -0.15) is 0 Å². The summed E-state index contributed by atoms with van der Waals surface area (Å²) in [5, 5.41) is 3.11. The van der Waals surface area contributed by atoms with Gasteiger partial charge < -0.3 is 19.7 Å². The molecule has 0 saturated carbocycles. The second kappa shape index (κ2) is 9.23. The van der Waals surface area contributed by atoms with Crippen molar-refractivity contribution in [1.29, 1.82) is 0 Å². The van der Waals surface area contributed by atoms with Crippen molar-refractivity contribution in [2.45, 2.75) is 26.3 Å². The molecule has 1 N–H and O–H groups in total. The lowest BCUT2D eigenvalue weighted by Gasteiger charge is -2.14. The lowest BCUT2D eigenvalue weighted by atomic mass is 10.2. The van der Waals surface area contributed by atoms with Gasteiger partial charge in [0.25, 0.3) is 0 Å². The summed E-state index contributed by atoms with van der Waals surface area (Å²) in [5.74, 6) is 1.60. The van der Waals surface area contributed by atoms with E-state index >= 15 is 0 Å². The number of carbonyl (C=O) groups is 1. The second-order valence-corrected chi connectivity index (χ2v) is 4.98. The molecule has 0 saturated heterocycles. The second-order valence-electron chi connectivity index (χ2n) is 4.98.